The Kier molecular flexibility index (Phi) is 11.8. The van der Waals surface area contributed by atoms with Gasteiger partial charge in [0.05, 0.1) is 41.7 Å². The Morgan fingerprint density at radius 1 is 1.12 bits per heavy atom. The molecule has 3 N–H and O–H groups in total. The number of sulfonamides is 1. The van der Waals surface area contributed by atoms with E-state index >= 15 is 0 Å². The molecule has 2 amide bonds. The van der Waals surface area contributed by atoms with E-state index in [0.29, 0.717) is 30.0 Å². The molecule has 0 spiro atoms. The monoisotopic (exact) mass is 722 g/mol. The van der Waals surface area contributed by atoms with E-state index in [0.717, 1.165) is 37.7 Å². The number of alkyl carbamates (subject to hydrolysis) is 1. The normalized spacial score (nSPS) is 23.7. The number of anilines is 1. The minimum absolute atomic E-state index is 0.00851. The van der Waals surface area contributed by atoms with Crippen LogP contribution in [-0.4, -0.2) is 98.2 Å². The van der Waals surface area contributed by atoms with E-state index in [1.165, 1.54) is 16.4 Å². The van der Waals surface area contributed by atoms with Gasteiger partial charge in [0.15, 0.2) is 6.29 Å². The predicted octanol–water partition coefficient (Wildman–Crippen LogP) is 4.52. The van der Waals surface area contributed by atoms with Crippen LogP contribution < -0.4 is 10.6 Å². The number of aliphatic hydroxyl groups is 1. The highest BCUT2D eigenvalue weighted by atomic mass is 32.2. The van der Waals surface area contributed by atoms with Crippen molar-refractivity contribution < 1.29 is 37.3 Å². The Hall–Kier alpha value is -3.75. The summed E-state index contributed by atoms with van der Waals surface area (Å²) in [5.74, 6) is -0.419. The molecule has 2 aromatic rings. The molecule has 3 aliphatic heterocycles. The van der Waals surface area contributed by atoms with E-state index in [-0.39, 0.29) is 61.1 Å². The second kappa shape index (κ2) is 16.3. The fraction of sp³-hybridized carbons (Fsp3) is 0.526. The van der Waals surface area contributed by atoms with Crippen LogP contribution >= 0.6 is 0 Å². The molecule has 3 heterocycles. The van der Waals surface area contributed by atoms with Gasteiger partial charge in [-0.25, -0.2) is 13.2 Å². The number of amides is 2. The number of carbonyl (C=O) groups excluding carboxylic acids is 2. The molecule has 2 saturated heterocycles. The molecular formula is C38H50N4O8S. The molecule has 1 saturated carbocycles. The third kappa shape index (κ3) is 8.66. The zero-order valence-corrected chi connectivity index (χ0v) is 30.2. The number of rotatable bonds is 15. The lowest BCUT2D eigenvalue weighted by Gasteiger charge is -2.31. The van der Waals surface area contributed by atoms with Crippen molar-refractivity contribution in [2.24, 2.45) is 11.8 Å². The van der Waals surface area contributed by atoms with Gasteiger partial charge in [0.2, 0.25) is 10.0 Å². The number of nitrogens with zero attached hydrogens (tertiary/aromatic N) is 2. The van der Waals surface area contributed by atoms with Gasteiger partial charge in [0, 0.05) is 43.1 Å². The first-order valence-corrected chi connectivity index (χ1v) is 19.4. The first kappa shape index (κ1) is 37.0. The van der Waals surface area contributed by atoms with Gasteiger partial charge in [-0.05, 0) is 55.4 Å². The van der Waals surface area contributed by atoms with Crippen molar-refractivity contribution in [3.63, 3.8) is 0 Å². The predicted molar refractivity (Wildman–Crippen MR) is 193 cm³/mol. The smallest absolute Gasteiger partial charge is 0.407 e. The fourth-order valence-electron chi connectivity index (χ4n) is 7.50. The zero-order chi connectivity index (χ0) is 36.1. The van der Waals surface area contributed by atoms with E-state index in [2.05, 4.69) is 22.1 Å². The SMILES string of the molecule is C=CCN(/C=C1\C(=O)Nc2ccc(S(=O)(=O)N(CC(C)C)C[C@@H](O)[C@H](Cc3ccccc3)NC(=O)O[C@H]3COC4OCCC43)cc21)C1CCCC1. The summed E-state index contributed by atoms with van der Waals surface area (Å²) in [5, 5.41) is 17.4. The summed E-state index contributed by atoms with van der Waals surface area (Å²) in [5.41, 5.74) is 2.31. The molecular weight excluding hydrogens is 673 g/mol. The summed E-state index contributed by atoms with van der Waals surface area (Å²) in [4.78, 5) is 28.5. The number of fused-ring (bicyclic) bond motifs is 2. The average molecular weight is 723 g/mol. The number of carbonyl (C=O) groups is 2. The first-order valence-electron chi connectivity index (χ1n) is 18.0. The lowest BCUT2D eigenvalue weighted by molar-refractivity contribution is -0.110. The molecule has 5 atom stereocenters. The number of nitrogens with one attached hydrogen (secondary N) is 2. The fourth-order valence-corrected chi connectivity index (χ4v) is 9.15. The molecule has 276 valence electrons. The highest BCUT2D eigenvalue weighted by Gasteiger charge is 2.44. The Bertz CT molecular complexity index is 1690. The van der Waals surface area contributed by atoms with Gasteiger partial charge in [-0.15, -0.1) is 6.58 Å². The van der Waals surface area contributed by atoms with Crippen LogP contribution in [0, 0.1) is 11.8 Å². The molecule has 13 heteroatoms. The van der Waals surface area contributed by atoms with Crippen molar-refractivity contribution in [1.82, 2.24) is 14.5 Å². The van der Waals surface area contributed by atoms with Crippen LogP contribution in [-0.2, 0) is 35.4 Å². The van der Waals surface area contributed by atoms with E-state index in [1.807, 2.05) is 56.5 Å². The van der Waals surface area contributed by atoms with Crippen molar-refractivity contribution in [3.05, 3.63) is 78.5 Å². The Morgan fingerprint density at radius 3 is 2.61 bits per heavy atom. The van der Waals surface area contributed by atoms with Crippen LogP contribution in [0.3, 0.4) is 0 Å². The number of ether oxygens (including phenoxy) is 3. The first-order chi connectivity index (χ1) is 24.5. The van der Waals surface area contributed by atoms with Crippen LogP contribution in [0.1, 0.15) is 57.1 Å². The maximum atomic E-state index is 14.4. The zero-order valence-electron chi connectivity index (χ0n) is 29.4. The minimum atomic E-state index is -4.17. The van der Waals surface area contributed by atoms with Crippen LogP contribution in [0.2, 0.25) is 0 Å². The van der Waals surface area contributed by atoms with Crippen molar-refractivity contribution in [1.29, 1.82) is 0 Å². The second-order valence-electron chi connectivity index (χ2n) is 14.3. The van der Waals surface area contributed by atoms with Crippen molar-refractivity contribution >= 4 is 33.3 Å². The van der Waals surface area contributed by atoms with Crippen LogP contribution in [0.5, 0.6) is 0 Å². The highest BCUT2D eigenvalue weighted by Crippen LogP contribution is 2.36. The average Bonchev–Trinajstić information content (AvgIpc) is 3.91. The third-order valence-electron chi connectivity index (χ3n) is 10.1. The molecule has 3 fully saturated rings. The largest absolute Gasteiger partial charge is 0.443 e. The summed E-state index contributed by atoms with van der Waals surface area (Å²) in [6.45, 7) is 8.87. The maximum absolute atomic E-state index is 14.4. The van der Waals surface area contributed by atoms with Gasteiger partial charge >= 0.3 is 6.09 Å². The number of benzene rings is 2. The standard InChI is InChI=1S/C38H50N4O8S/c1-4-17-41(27-12-8-9-13-27)22-31-30-20-28(14-15-32(30)39-36(31)44)51(46,47)42(21-25(2)3)23-34(43)33(19-26-10-6-5-7-11-26)40-38(45)50-35-24-49-37-29(35)16-18-48-37/h4-7,10-11,14-15,20,22,25,27,29,33-35,37,43H,1,8-9,12-13,16-19,21,23-24H2,2-3H3,(H,39,44)(H,40,45)/b31-22-/t29?,33-,34+,35-,37?/m0/s1. The van der Waals surface area contributed by atoms with Crippen LogP contribution in [0.4, 0.5) is 10.5 Å². The Balaban J connectivity index is 1.23. The lowest BCUT2D eigenvalue weighted by atomic mass is 10.0. The van der Waals surface area contributed by atoms with Gasteiger partial charge in [0.25, 0.3) is 5.91 Å². The molecule has 1 aliphatic carbocycles. The summed E-state index contributed by atoms with van der Waals surface area (Å²) >= 11 is 0. The van der Waals surface area contributed by atoms with Crippen molar-refractivity contribution in [2.45, 2.75) is 87.8 Å². The Morgan fingerprint density at radius 2 is 1.88 bits per heavy atom. The van der Waals surface area contributed by atoms with Gasteiger partial charge in [-0.3, -0.25) is 4.79 Å². The van der Waals surface area contributed by atoms with Crippen molar-refractivity contribution in [2.75, 3.05) is 38.2 Å². The van der Waals surface area contributed by atoms with Crippen molar-refractivity contribution in [3.8, 4) is 0 Å². The van der Waals surface area contributed by atoms with Gasteiger partial charge in [0.1, 0.15) is 6.10 Å². The third-order valence-corrected chi connectivity index (χ3v) is 11.9. The summed E-state index contributed by atoms with van der Waals surface area (Å²) in [6, 6.07) is 13.4. The number of hydrogen-bond donors (Lipinski definition) is 3. The molecule has 2 aromatic carbocycles. The van der Waals surface area contributed by atoms with E-state index in [1.54, 1.807) is 6.07 Å². The van der Waals surface area contributed by atoms with Gasteiger partial charge in [-0.2, -0.15) is 4.31 Å². The number of hydrogen-bond acceptors (Lipinski definition) is 9. The quantitative estimate of drug-likeness (QED) is 0.179. The lowest BCUT2D eigenvalue weighted by Crippen LogP contribution is -2.51. The summed E-state index contributed by atoms with van der Waals surface area (Å²) < 4.78 is 47.0. The molecule has 6 rings (SSSR count). The van der Waals surface area contributed by atoms with Crippen LogP contribution in [0.15, 0.2) is 72.3 Å². The summed E-state index contributed by atoms with van der Waals surface area (Å²) in [7, 11) is -4.17. The molecule has 2 unspecified atom stereocenters. The molecule has 0 aromatic heterocycles. The van der Waals surface area contributed by atoms with E-state index in [9.17, 15) is 23.1 Å². The van der Waals surface area contributed by atoms with E-state index in [4.69, 9.17) is 14.2 Å². The molecule has 4 aliphatic rings. The highest BCUT2D eigenvalue weighted by molar-refractivity contribution is 7.89. The molecule has 51 heavy (non-hydrogen) atoms. The molecule has 12 nitrogen and oxygen atoms in total. The molecule has 0 radical (unpaired) electrons. The number of aliphatic hydroxyl groups excluding tert-OH is 1. The molecule has 0 bridgehead atoms. The summed E-state index contributed by atoms with van der Waals surface area (Å²) in [6.07, 6.45) is 6.03. The van der Waals surface area contributed by atoms with Gasteiger partial charge in [-0.1, -0.05) is 63.1 Å². The second-order valence-corrected chi connectivity index (χ2v) is 16.3. The minimum Gasteiger partial charge on any atom is -0.443 e. The topological polar surface area (TPSA) is 147 Å². The van der Waals surface area contributed by atoms with Crippen LogP contribution in [0.25, 0.3) is 5.57 Å². The maximum Gasteiger partial charge on any atom is 0.407 e. The Labute approximate surface area is 300 Å². The van der Waals surface area contributed by atoms with Gasteiger partial charge < -0.3 is 34.9 Å². The van der Waals surface area contributed by atoms with E-state index < -0.39 is 34.4 Å².